The predicted octanol–water partition coefficient (Wildman–Crippen LogP) is -4.69. The van der Waals surface area contributed by atoms with Crippen molar-refractivity contribution in [2.45, 2.75) is 18.4 Å². The average Bonchev–Trinajstić information content (AvgIpc) is 2.30. The van der Waals surface area contributed by atoms with E-state index in [1.807, 2.05) is 0 Å². The van der Waals surface area contributed by atoms with Gasteiger partial charge in [0.05, 0.1) is 12.5 Å². The Morgan fingerprint density at radius 1 is 0.880 bits per heavy atom. The normalized spacial score (nSPS) is 19.8. The molecule has 0 aromatic carbocycles. The van der Waals surface area contributed by atoms with E-state index >= 15 is 0 Å². The fourth-order valence-corrected chi connectivity index (χ4v) is 2.33. The summed E-state index contributed by atoms with van der Waals surface area (Å²) in [4.78, 5) is 3.46. The highest BCUT2D eigenvalue weighted by Gasteiger charge is 2.54. The molecule has 0 amide bonds. The molecule has 7 N–H and O–H groups in total. The van der Waals surface area contributed by atoms with E-state index in [0.717, 1.165) is 0 Å². The maximum atomic E-state index is 10.7. The zero-order valence-corrected chi connectivity index (χ0v) is 13.8. The molecular weight excluding hydrogens is 428 g/mol. The minimum absolute atomic E-state index is 1.70. The molecule has 0 aromatic rings. The van der Waals surface area contributed by atoms with E-state index in [1.54, 1.807) is 0 Å². The van der Waals surface area contributed by atoms with Gasteiger partial charge in [0.15, 0.2) is 6.29 Å². The van der Waals surface area contributed by atoms with Gasteiger partial charge in [0.1, 0.15) is 0 Å². The molecule has 0 aliphatic heterocycles. The monoisotopic (exact) mass is 440 g/mol. The first-order valence-corrected chi connectivity index (χ1v) is 9.36. The van der Waals surface area contributed by atoms with Crippen LogP contribution in [0.2, 0.25) is 0 Å². The van der Waals surface area contributed by atoms with Crippen molar-refractivity contribution in [2.24, 2.45) is 5.92 Å². The number of aliphatic hydroxyl groups excluding tert-OH is 3. The van der Waals surface area contributed by atoms with Crippen LogP contribution in [0.3, 0.4) is 0 Å². The van der Waals surface area contributed by atoms with Crippen LogP contribution in [0.1, 0.15) is 0 Å². The third kappa shape index (κ3) is 9.06. The first-order valence-electron chi connectivity index (χ1n) is 5.27. The van der Waals surface area contributed by atoms with Gasteiger partial charge in [0.25, 0.3) is 0 Å². The van der Waals surface area contributed by atoms with E-state index in [9.17, 15) is 40.6 Å². The molecular formula is C5H12O17S3. The van der Waals surface area contributed by atoms with Gasteiger partial charge in [0, 0.05) is 0 Å². The molecule has 0 aliphatic rings. The summed E-state index contributed by atoms with van der Waals surface area (Å²) < 4.78 is 98.1. The summed E-state index contributed by atoms with van der Waals surface area (Å²) in [5, 5.41) is 37.6. The third-order valence-corrected chi connectivity index (χ3v) is 3.27. The SMILES string of the molecule is O=S(=O)(O)OOC(O)C(O)(OS(=O)(=O)O)C(CO)C(O)OS(=O)(=O)O. The zero-order chi connectivity index (χ0) is 20.3. The molecule has 0 saturated carbocycles. The van der Waals surface area contributed by atoms with Crippen LogP contribution in [0.5, 0.6) is 0 Å². The van der Waals surface area contributed by atoms with Crippen molar-refractivity contribution < 1.29 is 76.9 Å². The Kier molecular flexibility index (Phi) is 8.20. The molecule has 4 unspecified atom stereocenters. The molecule has 0 aliphatic carbocycles. The first-order chi connectivity index (χ1) is 10.9. The third-order valence-electron chi connectivity index (χ3n) is 2.10. The van der Waals surface area contributed by atoms with Gasteiger partial charge in [-0.25, -0.2) is 8.37 Å². The van der Waals surface area contributed by atoms with Crippen molar-refractivity contribution in [3.63, 3.8) is 0 Å². The van der Waals surface area contributed by atoms with Crippen molar-refractivity contribution in [1.29, 1.82) is 0 Å². The zero-order valence-electron chi connectivity index (χ0n) is 11.4. The summed E-state index contributed by atoms with van der Waals surface area (Å²) in [6.45, 7) is -1.70. The Hall–Kier alpha value is -0.590. The molecule has 0 saturated heterocycles. The summed E-state index contributed by atoms with van der Waals surface area (Å²) >= 11 is 0. The first kappa shape index (κ1) is 24.4. The second-order valence-electron chi connectivity index (χ2n) is 3.91. The van der Waals surface area contributed by atoms with Crippen LogP contribution in [0, 0.1) is 5.92 Å². The lowest BCUT2D eigenvalue weighted by Crippen LogP contribution is -2.58. The lowest BCUT2D eigenvalue weighted by molar-refractivity contribution is -0.408. The summed E-state index contributed by atoms with van der Waals surface area (Å²) in [5.74, 6) is -6.87. The lowest BCUT2D eigenvalue weighted by atomic mass is 9.98. The van der Waals surface area contributed by atoms with E-state index in [0.29, 0.717) is 0 Å². The highest BCUT2D eigenvalue weighted by molar-refractivity contribution is 7.81. The summed E-state index contributed by atoms with van der Waals surface area (Å²) in [7, 11) is -16.7. The number of hydrogen-bond donors (Lipinski definition) is 7. The molecule has 25 heavy (non-hydrogen) atoms. The Labute approximate surface area is 139 Å². The molecule has 0 fully saturated rings. The minimum atomic E-state index is -5.76. The molecule has 0 bridgehead atoms. The quantitative estimate of drug-likeness (QED) is 0.0687. The van der Waals surface area contributed by atoms with Crippen LogP contribution in [0.25, 0.3) is 0 Å². The van der Waals surface area contributed by atoms with Crippen molar-refractivity contribution in [2.75, 3.05) is 6.61 Å². The molecule has 0 radical (unpaired) electrons. The van der Waals surface area contributed by atoms with Gasteiger partial charge >= 0.3 is 31.2 Å². The van der Waals surface area contributed by atoms with Crippen molar-refractivity contribution in [1.82, 2.24) is 0 Å². The van der Waals surface area contributed by atoms with E-state index in [4.69, 9.17) is 18.8 Å². The van der Waals surface area contributed by atoms with E-state index in [2.05, 4.69) is 17.6 Å². The molecule has 0 rings (SSSR count). The topological polar surface area (TPSA) is 281 Å². The van der Waals surface area contributed by atoms with Crippen LogP contribution < -0.4 is 0 Å². The Morgan fingerprint density at radius 2 is 1.36 bits per heavy atom. The summed E-state index contributed by atoms with van der Waals surface area (Å²) in [6.07, 6.45) is -6.43. The average molecular weight is 440 g/mol. The van der Waals surface area contributed by atoms with E-state index < -0.39 is 62.1 Å². The van der Waals surface area contributed by atoms with Crippen LogP contribution in [0.15, 0.2) is 0 Å². The number of aliphatic hydroxyl groups is 4. The van der Waals surface area contributed by atoms with Gasteiger partial charge < -0.3 is 20.4 Å². The van der Waals surface area contributed by atoms with Gasteiger partial charge in [-0.1, -0.05) is 4.33 Å². The van der Waals surface area contributed by atoms with E-state index in [-0.39, 0.29) is 0 Å². The Morgan fingerprint density at radius 3 is 1.68 bits per heavy atom. The van der Waals surface area contributed by atoms with Crippen molar-refractivity contribution >= 4 is 31.2 Å². The second-order valence-corrected chi connectivity index (χ2v) is 6.97. The Balaban J connectivity index is 5.83. The van der Waals surface area contributed by atoms with Gasteiger partial charge in [-0.3, -0.25) is 13.7 Å². The van der Waals surface area contributed by atoms with Crippen molar-refractivity contribution in [3.8, 4) is 0 Å². The van der Waals surface area contributed by atoms with Gasteiger partial charge in [-0.15, -0.1) is 0 Å². The van der Waals surface area contributed by atoms with Gasteiger partial charge in [-0.2, -0.15) is 30.1 Å². The molecule has 20 heteroatoms. The molecule has 17 nitrogen and oxygen atoms in total. The van der Waals surface area contributed by atoms with Gasteiger partial charge in [0.2, 0.25) is 12.1 Å². The molecule has 4 atom stereocenters. The maximum Gasteiger partial charge on any atom is 0.424 e. The van der Waals surface area contributed by atoms with Crippen molar-refractivity contribution in [3.05, 3.63) is 0 Å². The van der Waals surface area contributed by atoms with Crippen LogP contribution in [0.4, 0.5) is 0 Å². The largest absolute Gasteiger partial charge is 0.424 e. The van der Waals surface area contributed by atoms with Crippen LogP contribution >= 0.6 is 0 Å². The fraction of sp³-hybridized carbons (Fsp3) is 1.00. The number of rotatable bonds is 11. The lowest BCUT2D eigenvalue weighted by Gasteiger charge is -2.36. The smallest absolute Gasteiger partial charge is 0.396 e. The van der Waals surface area contributed by atoms with Gasteiger partial charge in [-0.05, 0) is 0 Å². The molecule has 152 valence electrons. The van der Waals surface area contributed by atoms with Crippen LogP contribution in [-0.4, -0.2) is 84.3 Å². The van der Waals surface area contributed by atoms with Crippen LogP contribution in [-0.2, 0) is 48.8 Å². The maximum absolute atomic E-state index is 10.7. The van der Waals surface area contributed by atoms with E-state index in [1.165, 1.54) is 0 Å². The number of hydrogen-bond acceptors (Lipinski definition) is 14. The highest BCUT2D eigenvalue weighted by Crippen LogP contribution is 2.30. The fourth-order valence-electron chi connectivity index (χ4n) is 1.23. The summed E-state index contributed by atoms with van der Waals surface area (Å²) in [5.41, 5.74) is 0. The molecule has 0 heterocycles. The Bertz CT molecular complexity index is 735. The predicted molar refractivity (Wildman–Crippen MR) is 66.5 cm³/mol. The summed E-state index contributed by atoms with van der Waals surface area (Å²) in [6, 6.07) is 0. The minimum Gasteiger partial charge on any atom is -0.396 e. The second kappa shape index (κ2) is 8.40. The molecule has 0 spiro atoms. The standard InChI is InChI=1S/C5H12O17S3/c6-1-2(3(7)20-23(10,11)12)5(9,21-24(13,14)15)4(8)19-22-25(16,17)18/h2-4,6-9H,1H2,(H,10,11,12)(H,13,14,15)(H,16,17,18). The molecule has 0 aromatic heterocycles. The highest BCUT2D eigenvalue weighted by atomic mass is 32.3.